The Morgan fingerprint density at radius 2 is 1.22 bits per heavy atom. The number of imidazole rings is 2. The van der Waals surface area contributed by atoms with Crippen molar-refractivity contribution in [3.63, 3.8) is 0 Å². The maximum Gasteiger partial charge on any atom is 0.140 e. The Morgan fingerprint density at radius 1 is 0.639 bits per heavy atom. The molecule has 0 unspecified atom stereocenters. The van der Waals surface area contributed by atoms with Crippen molar-refractivity contribution in [2.45, 2.75) is 19.3 Å². The maximum atomic E-state index is 5.14. The van der Waals surface area contributed by atoms with E-state index in [1.807, 2.05) is 84.4 Å². The molecule has 4 heterocycles. The molecule has 0 radical (unpaired) electrons. The van der Waals surface area contributed by atoms with E-state index >= 15 is 0 Å². The fourth-order valence-corrected chi connectivity index (χ4v) is 4.52. The first-order chi connectivity index (χ1) is 17.4. The van der Waals surface area contributed by atoms with E-state index in [-0.39, 0.29) is 0 Å². The van der Waals surface area contributed by atoms with E-state index in [0.29, 0.717) is 0 Å². The topological polar surface area (TPSA) is 64.7 Å². The zero-order chi connectivity index (χ0) is 24.9. The minimum atomic E-state index is -0.455. The Hall–Kier alpha value is -4.52. The molecule has 0 N–H and O–H groups in total. The molecule has 0 aliphatic carbocycles. The predicted octanol–water partition coefficient (Wildman–Crippen LogP) is 5.55. The van der Waals surface area contributed by atoms with E-state index in [2.05, 4.69) is 59.0 Å². The summed E-state index contributed by atoms with van der Waals surface area (Å²) in [4.78, 5) is 21.4. The number of fused-ring (bicyclic) bond motifs is 2. The molecule has 7 heteroatoms. The lowest BCUT2D eigenvalue weighted by atomic mass is 9.84. The van der Waals surface area contributed by atoms with Gasteiger partial charge in [0, 0.05) is 31.3 Å². The lowest BCUT2D eigenvalue weighted by Gasteiger charge is -2.26. The third kappa shape index (κ3) is 3.60. The van der Waals surface area contributed by atoms with E-state index in [0.717, 1.165) is 50.8 Å². The van der Waals surface area contributed by atoms with E-state index in [1.54, 1.807) is 0 Å². The summed E-state index contributed by atoms with van der Waals surface area (Å²) in [5, 5.41) is 0. The first-order valence-electron chi connectivity index (χ1n) is 11.9. The van der Waals surface area contributed by atoms with Gasteiger partial charge in [0.15, 0.2) is 0 Å². The Labute approximate surface area is 209 Å². The van der Waals surface area contributed by atoms with Gasteiger partial charge >= 0.3 is 0 Å². The van der Waals surface area contributed by atoms with Crippen LogP contribution in [0.25, 0.3) is 33.7 Å². The number of nitrogens with zero attached hydrogens (tertiary/aromatic N) is 7. The molecule has 178 valence electrons. The van der Waals surface area contributed by atoms with Crippen LogP contribution in [0.5, 0.6) is 0 Å². The van der Waals surface area contributed by atoms with Crippen molar-refractivity contribution in [1.82, 2.24) is 29.1 Å². The molecular formula is C29H27N7. The Balaban J connectivity index is 1.48. The number of hydrogen-bond donors (Lipinski definition) is 0. The van der Waals surface area contributed by atoms with Gasteiger partial charge in [-0.3, -0.25) is 9.13 Å². The smallest absolute Gasteiger partial charge is 0.140 e. The third-order valence-electron chi connectivity index (χ3n) is 6.73. The number of para-hydroxylation sites is 4. The number of pyridine rings is 2. The normalized spacial score (nSPS) is 11.9. The summed E-state index contributed by atoms with van der Waals surface area (Å²) < 4.78 is 4.07. The highest BCUT2D eigenvalue weighted by Crippen LogP contribution is 2.33. The lowest BCUT2D eigenvalue weighted by Crippen LogP contribution is -2.24. The zero-order valence-corrected chi connectivity index (χ0v) is 20.8. The molecule has 4 aromatic heterocycles. The summed E-state index contributed by atoms with van der Waals surface area (Å²) >= 11 is 0. The summed E-state index contributed by atoms with van der Waals surface area (Å²) in [6.07, 6.45) is 3.67. The number of anilines is 1. The van der Waals surface area contributed by atoms with Crippen molar-refractivity contribution < 1.29 is 0 Å². The van der Waals surface area contributed by atoms with Gasteiger partial charge in [-0.25, -0.2) is 19.9 Å². The molecule has 6 rings (SSSR count). The van der Waals surface area contributed by atoms with Gasteiger partial charge in [0.05, 0.1) is 33.5 Å². The molecule has 0 atom stereocenters. The average molecular weight is 474 g/mol. The Morgan fingerprint density at radius 3 is 1.86 bits per heavy atom. The van der Waals surface area contributed by atoms with Gasteiger partial charge in [0.1, 0.15) is 24.3 Å². The van der Waals surface area contributed by atoms with Crippen LogP contribution in [0.3, 0.4) is 0 Å². The van der Waals surface area contributed by atoms with Crippen molar-refractivity contribution in [1.29, 1.82) is 0 Å². The van der Waals surface area contributed by atoms with Crippen molar-refractivity contribution >= 4 is 27.8 Å². The molecule has 0 fully saturated rings. The zero-order valence-electron chi connectivity index (χ0n) is 20.8. The molecule has 0 amide bonds. The molecule has 0 saturated carbocycles. The standard InChI is InChI=1S/C29H27N7/c1-29(2,25-14-9-15-27(32-25)35-18-30-21-10-5-7-12-23(21)35)26-16-20(34(3)4)17-28(33-26)36-19-31-22-11-6-8-13-24(22)36/h5-19H,1-4H3. The van der Waals surface area contributed by atoms with Gasteiger partial charge in [0.2, 0.25) is 0 Å². The number of aromatic nitrogens is 6. The molecule has 0 spiro atoms. The molecule has 0 aliphatic heterocycles. The van der Waals surface area contributed by atoms with Crippen molar-refractivity contribution in [2.24, 2.45) is 0 Å². The van der Waals surface area contributed by atoms with Crippen molar-refractivity contribution in [2.75, 3.05) is 19.0 Å². The van der Waals surface area contributed by atoms with Gasteiger partial charge in [0.25, 0.3) is 0 Å². The highest BCUT2D eigenvalue weighted by Gasteiger charge is 2.28. The van der Waals surface area contributed by atoms with Crippen molar-refractivity contribution in [3.8, 4) is 11.6 Å². The fraction of sp³-hybridized carbons (Fsp3) is 0.172. The van der Waals surface area contributed by atoms with Gasteiger partial charge in [-0.05, 0) is 56.3 Å². The second kappa shape index (κ2) is 8.30. The monoisotopic (exact) mass is 473 g/mol. The van der Waals surface area contributed by atoms with Crippen LogP contribution in [0, 0.1) is 0 Å². The highest BCUT2D eigenvalue weighted by atomic mass is 15.1. The SMILES string of the molecule is CN(C)c1cc(-n2cnc3ccccc32)nc(C(C)(C)c2cccc(-n3cnc4ccccc43)n2)c1. The summed E-state index contributed by atoms with van der Waals surface area (Å²) in [6.45, 7) is 4.34. The summed E-state index contributed by atoms with van der Waals surface area (Å²) in [5.41, 5.74) is 6.42. The lowest BCUT2D eigenvalue weighted by molar-refractivity contribution is 0.592. The molecule has 2 aromatic carbocycles. The highest BCUT2D eigenvalue weighted by molar-refractivity contribution is 5.77. The molecule has 7 nitrogen and oxygen atoms in total. The van der Waals surface area contributed by atoms with Crippen LogP contribution in [0.1, 0.15) is 25.2 Å². The second-order valence-electron chi connectivity index (χ2n) is 9.68. The van der Waals surface area contributed by atoms with E-state index < -0.39 is 5.41 Å². The second-order valence-corrected chi connectivity index (χ2v) is 9.68. The quantitative estimate of drug-likeness (QED) is 0.329. The minimum Gasteiger partial charge on any atom is -0.377 e. The van der Waals surface area contributed by atoms with Crippen LogP contribution in [0.2, 0.25) is 0 Å². The molecule has 0 aliphatic rings. The first-order valence-corrected chi connectivity index (χ1v) is 11.9. The average Bonchev–Trinajstić information content (AvgIpc) is 3.53. The van der Waals surface area contributed by atoms with Crippen LogP contribution >= 0.6 is 0 Å². The van der Waals surface area contributed by atoms with E-state index in [1.165, 1.54) is 0 Å². The fourth-order valence-electron chi connectivity index (χ4n) is 4.52. The predicted molar refractivity (Wildman–Crippen MR) is 144 cm³/mol. The number of rotatable bonds is 5. The Bertz CT molecular complexity index is 1710. The van der Waals surface area contributed by atoms with Crippen LogP contribution in [-0.2, 0) is 5.41 Å². The number of benzene rings is 2. The summed E-state index contributed by atoms with van der Waals surface area (Å²) in [6, 6.07) is 26.6. The van der Waals surface area contributed by atoms with Crippen LogP contribution < -0.4 is 4.90 Å². The summed E-state index contributed by atoms with van der Waals surface area (Å²) in [5.74, 6) is 1.66. The van der Waals surface area contributed by atoms with E-state index in [4.69, 9.17) is 9.97 Å². The van der Waals surface area contributed by atoms with Crippen LogP contribution in [0.15, 0.2) is 91.5 Å². The molecule has 0 bridgehead atoms. The van der Waals surface area contributed by atoms with Gasteiger partial charge < -0.3 is 4.90 Å². The van der Waals surface area contributed by atoms with Gasteiger partial charge in [-0.15, -0.1) is 0 Å². The van der Waals surface area contributed by atoms with Crippen molar-refractivity contribution in [3.05, 3.63) is 103 Å². The Kier molecular flexibility index (Phi) is 5.07. The van der Waals surface area contributed by atoms with Gasteiger partial charge in [-0.1, -0.05) is 30.3 Å². The minimum absolute atomic E-state index is 0.455. The van der Waals surface area contributed by atoms with Crippen LogP contribution in [0.4, 0.5) is 5.69 Å². The summed E-state index contributed by atoms with van der Waals surface area (Å²) in [7, 11) is 4.09. The van der Waals surface area contributed by atoms with Crippen LogP contribution in [-0.4, -0.2) is 43.2 Å². The largest absolute Gasteiger partial charge is 0.377 e. The molecule has 0 saturated heterocycles. The molecular weight excluding hydrogens is 446 g/mol. The molecule has 6 aromatic rings. The number of hydrogen-bond acceptors (Lipinski definition) is 5. The van der Waals surface area contributed by atoms with E-state index in [9.17, 15) is 0 Å². The third-order valence-corrected chi connectivity index (χ3v) is 6.73. The molecule has 36 heavy (non-hydrogen) atoms. The first kappa shape index (κ1) is 22.0. The van der Waals surface area contributed by atoms with Gasteiger partial charge in [-0.2, -0.15) is 0 Å². The maximum absolute atomic E-state index is 5.14.